The monoisotopic (exact) mass is 393 g/mol. The van der Waals surface area contributed by atoms with Gasteiger partial charge in [-0.05, 0) is 43.3 Å². The molecule has 0 radical (unpaired) electrons. The molecule has 1 fully saturated rings. The Balaban J connectivity index is 1.34. The van der Waals surface area contributed by atoms with Crippen LogP contribution in [0.3, 0.4) is 0 Å². The number of nitrogens with one attached hydrogen (secondary N) is 1. The van der Waals surface area contributed by atoms with Crippen LogP contribution in [0.5, 0.6) is 5.75 Å². The van der Waals surface area contributed by atoms with Gasteiger partial charge in [-0.25, -0.2) is 4.98 Å². The highest BCUT2D eigenvalue weighted by Gasteiger charge is 2.22. The first-order valence-corrected chi connectivity index (χ1v) is 9.47. The summed E-state index contributed by atoms with van der Waals surface area (Å²) in [5.74, 6) is 2.75. The molecule has 1 amide bonds. The highest BCUT2D eigenvalue weighted by molar-refractivity contribution is 5.94. The molecule has 0 spiro atoms. The average molecular weight is 393 g/mol. The third-order valence-corrected chi connectivity index (χ3v) is 4.90. The second-order valence-electron chi connectivity index (χ2n) is 6.86. The smallest absolute Gasteiger partial charge is 0.255 e. The van der Waals surface area contributed by atoms with Crippen molar-refractivity contribution >= 4 is 23.2 Å². The molecule has 1 aliphatic rings. The normalized spacial score (nSPS) is 14.0. The Morgan fingerprint density at radius 2 is 1.83 bits per heavy atom. The van der Waals surface area contributed by atoms with E-state index in [9.17, 15) is 4.79 Å². The maximum Gasteiger partial charge on any atom is 0.255 e. The average Bonchev–Trinajstić information content (AvgIpc) is 3.18. The molecule has 0 saturated carbocycles. The second-order valence-corrected chi connectivity index (χ2v) is 6.86. The second kappa shape index (κ2) is 8.22. The van der Waals surface area contributed by atoms with Crippen LogP contribution in [-0.2, 0) is 0 Å². The quantitative estimate of drug-likeness (QED) is 0.713. The van der Waals surface area contributed by atoms with Gasteiger partial charge in [-0.1, -0.05) is 5.16 Å². The fourth-order valence-corrected chi connectivity index (χ4v) is 3.29. The maximum absolute atomic E-state index is 12.8. The van der Waals surface area contributed by atoms with Crippen LogP contribution in [0.25, 0.3) is 0 Å². The molecule has 0 bridgehead atoms. The first-order valence-electron chi connectivity index (χ1n) is 9.47. The molecule has 8 nitrogen and oxygen atoms in total. The van der Waals surface area contributed by atoms with Gasteiger partial charge in [0.05, 0.1) is 12.7 Å². The first-order chi connectivity index (χ1) is 14.1. The number of amides is 1. The molecule has 1 aromatic carbocycles. The lowest BCUT2D eigenvalue weighted by atomic mass is 10.2. The van der Waals surface area contributed by atoms with Gasteiger partial charge in [0.25, 0.3) is 5.91 Å². The summed E-state index contributed by atoms with van der Waals surface area (Å²) in [6.45, 7) is 4.74. The number of ether oxygens (including phenoxy) is 1. The van der Waals surface area contributed by atoms with Gasteiger partial charge in [0.15, 0.2) is 5.82 Å². The summed E-state index contributed by atoms with van der Waals surface area (Å²) in [7, 11) is 1.66. The van der Waals surface area contributed by atoms with Crippen LogP contribution in [0.4, 0.5) is 17.3 Å². The number of hydrogen-bond donors (Lipinski definition) is 1. The molecule has 1 saturated heterocycles. The summed E-state index contributed by atoms with van der Waals surface area (Å²) in [6, 6.07) is 13.3. The Labute approximate surface area is 169 Å². The lowest BCUT2D eigenvalue weighted by Crippen LogP contribution is -2.48. The minimum atomic E-state index is -0.00397. The zero-order valence-corrected chi connectivity index (χ0v) is 16.5. The lowest BCUT2D eigenvalue weighted by Gasteiger charge is -2.36. The van der Waals surface area contributed by atoms with Crippen molar-refractivity contribution in [3.8, 4) is 5.75 Å². The number of methoxy groups -OCH3 is 1. The number of anilines is 3. The fourth-order valence-electron chi connectivity index (χ4n) is 3.29. The number of benzene rings is 1. The maximum atomic E-state index is 12.8. The highest BCUT2D eigenvalue weighted by atomic mass is 16.5. The van der Waals surface area contributed by atoms with Crippen molar-refractivity contribution in [1.29, 1.82) is 0 Å². The van der Waals surface area contributed by atoms with E-state index in [1.165, 1.54) is 0 Å². The van der Waals surface area contributed by atoms with Crippen molar-refractivity contribution in [3.63, 3.8) is 0 Å². The molecule has 0 aliphatic carbocycles. The molecule has 8 heteroatoms. The molecule has 3 aromatic rings. The largest absolute Gasteiger partial charge is 0.497 e. The van der Waals surface area contributed by atoms with Crippen molar-refractivity contribution in [2.75, 3.05) is 43.5 Å². The van der Waals surface area contributed by atoms with E-state index in [1.807, 2.05) is 36.1 Å². The number of nitrogens with zero attached hydrogens (tertiary/aromatic N) is 4. The summed E-state index contributed by atoms with van der Waals surface area (Å²) in [6.07, 6.45) is 1.59. The Bertz CT molecular complexity index is 961. The molecule has 0 unspecified atom stereocenters. The van der Waals surface area contributed by atoms with E-state index >= 15 is 0 Å². The summed E-state index contributed by atoms with van der Waals surface area (Å²) in [4.78, 5) is 21.3. The number of aromatic nitrogens is 2. The molecule has 0 atom stereocenters. The third-order valence-electron chi connectivity index (χ3n) is 4.90. The van der Waals surface area contributed by atoms with Crippen LogP contribution < -0.4 is 15.0 Å². The van der Waals surface area contributed by atoms with Gasteiger partial charge >= 0.3 is 0 Å². The number of carbonyl (C=O) groups is 1. The van der Waals surface area contributed by atoms with Crippen molar-refractivity contribution in [2.45, 2.75) is 6.92 Å². The van der Waals surface area contributed by atoms with E-state index in [2.05, 4.69) is 20.4 Å². The summed E-state index contributed by atoms with van der Waals surface area (Å²) in [5, 5.41) is 6.92. The number of pyridine rings is 1. The fraction of sp³-hybridized carbons (Fsp3) is 0.286. The number of aryl methyl sites for hydroxylation is 1. The first kappa shape index (κ1) is 18.8. The van der Waals surface area contributed by atoms with E-state index < -0.39 is 0 Å². The van der Waals surface area contributed by atoms with Gasteiger partial charge in [0, 0.05) is 44.1 Å². The van der Waals surface area contributed by atoms with Gasteiger partial charge in [-0.15, -0.1) is 0 Å². The molecular weight excluding hydrogens is 370 g/mol. The van der Waals surface area contributed by atoms with Crippen molar-refractivity contribution < 1.29 is 14.1 Å². The number of piperazine rings is 1. The number of rotatable bonds is 5. The van der Waals surface area contributed by atoms with Crippen LogP contribution in [0.1, 0.15) is 16.1 Å². The van der Waals surface area contributed by atoms with Gasteiger partial charge in [-0.2, -0.15) is 0 Å². The van der Waals surface area contributed by atoms with Gasteiger partial charge in [-0.3, -0.25) is 4.79 Å². The lowest BCUT2D eigenvalue weighted by molar-refractivity contribution is 0.0746. The summed E-state index contributed by atoms with van der Waals surface area (Å²) >= 11 is 0. The van der Waals surface area contributed by atoms with E-state index in [1.54, 1.807) is 31.5 Å². The Hall–Kier alpha value is -3.55. The van der Waals surface area contributed by atoms with Crippen LogP contribution in [0, 0.1) is 6.92 Å². The van der Waals surface area contributed by atoms with Gasteiger partial charge in [0.2, 0.25) is 0 Å². The van der Waals surface area contributed by atoms with Crippen LogP contribution in [0.15, 0.2) is 53.2 Å². The van der Waals surface area contributed by atoms with Gasteiger partial charge in [0.1, 0.15) is 17.3 Å². The van der Waals surface area contributed by atoms with E-state index in [0.29, 0.717) is 36.0 Å². The Morgan fingerprint density at radius 3 is 2.41 bits per heavy atom. The molecule has 4 rings (SSSR count). The molecule has 3 heterocycles. The topological polar surface area (TPSA) is 83.7 Å². The number of carbonyl (C=O) groups excluding carboxylic acids is 1. The molecule has 1 N–H and O–H groups in total. The standard InChI is InChI=1S/C21H23N5O3/c1-15-13-20(24-29-15)23-19-8-3-16(14-22-19)21(27)26-11-9-25(10-12-26)17-4-6-18(28-2)7-5-17/h3-8,13-14H,9-12H2,1-2H3,(H,22,23,24). The van der Waals surface area contributed by atoms with E-state index in [0.717, 1.165) is 24.5 Å². The summed E-state index contributed by atoms with van der Waals surface area (Å²) < 4.78 is 10.2. The molecule has 29 heavy (non-hydrogen) atoms. The summed E-state index contributed by atoms with van der Waals surface area (Å²) in [5.41, 5.74) is 1.71. The molecule has 1 aliphatic heterocycles. The van der Waals surface area contributed by atoms with Crippen LogP contribution >= 0.6 is 0 Å². The third kappa shape index (κ3) is 4.31. The predicted octanol–water partition coefficient (Wildman–Crippen LogP) is 3.09. The van der Waals surface area contributed by atoms with Crippen molar-refractivity contribution in [2.24, 2.45) is 0 Å². The molecule has 150 valence electrons. The predicted molar refractivity (Wildman–Crippen MR) is 110 cm³/mol. The zero-order chi connectivity index (χ0) is 20.2. The number of hydrogen-bond acceptors (Lipinski definition) is 7. The minimum absolute atomic E-state index is 0.00397. The molecule has 2 aromatic heterocycles. The van der Waals surface area contributed by atoms with Crippen LogP contribution in [0.2, 0.25) is 0 Å². The van der Waals surface area contributed by atoms with Gasteiger partial charge < -0.3 is 24.4 Å². The van der Waals surface area contributed by atoms with E-state index in [-0.39, 0.29) is 5.91 Å². The Kier molecular flexibility index (Phi) is 5.33. The van der Waals surface area contributed by atoms with Crippen molar-refractivity contribution in [1.82, 2.24) is 15.0 Å². The SMILES string of the molecule is COc1ccc(N2CCN(C(=O)c3ccc(Nc4cc(C)on4)nc3)CC2)cc1. The molecular formula is C21H23N5O3. The Morgan fingerprint density at radius 1 is 1.07 bits per heavy atom. The van der Waals surface area contributed by atoms with E-state index in [4.69, 9.17) is 9.26 Å². The van der Waals surface area contributed by atoms with Crippen molar-refractivity contribution in [3.05, 3.63) is 60.0 Å². The van der Waals surface area contributed by atoms with Crippen LogP contribution in [-0.4, -0.2) is 54.2 Å². The zero-order valence-electron chi connectivity index (χ0n) is 16.5. The minimum Gasteiger partial charge on any atom is -0.497 e. The highest BCUT2D eigenvalue weighted by Crippen LogP contribution is 2.21.